The molecule has 132 valence electrons. The van der Waals surface area contributed by atoms with E-state index in [0.717, 1.165) is 5.56 Å². The van der Waals surface area contributed by atoms with E-state index in [4.69, 9.17) is 18.9 Å². The normalized spacial score (nSPS) is 33.5. The van der Waals surface area contributed by atoms with Crippen molar-refractivity contribution >= 4 is 5.78 Å². The van der Waals surface area contributed by atoms with Gasteiger partial charge in [-0.2, -0.15) is 0 Å². The summed E-state index contributed by atoms with van der Waals surface area (Å²) in [4.78, 5) is 12.9. The Bertz CT molecular complexity index is 550. The maximum absolute atomic E-state index is 12.9. The highest BCUT2D eigenvalue weighted by atomic mass is 16.7. The molecule has 0 aromatic heterocycles. The van der Waals surface area contributed by atoms with Crippen LogP contribution in [0.4, 0.5) is 0 Å². The standard InChI is InChI=1S/C18H25NO5/c1-11(2)9-19-14-15(20)16-13(23-18(14)21-3)10-22-17(24-16)12-7-5-4-6-8-12/h4-8,11,13-14,16-19H,9-10H2,1-3H3/t13-,14-,16-,17-,18+/m1/s1. The molecule has 24 heavy (non-hydrogen) atoms. The molecule has 6 heteroatoms. The molecule has 2 saturated heterocycles. The molecule has 0 saturated carbocycles. The van der Waals surface area contributed by atoms with Crippen LogP contribution in [0.3, 0.4) is 0 Å². The highest BCUT2D eigenvalue weighted by molar-refractivity contribution is 5.90. The van der Waals surface area contributed by atoms with Crippen molar-refractivity contribution in [2.75, 3.05) is 20.3 Å². The van der Waals surface area contributed by atoms with E-state index in [0.29, 0.717) is 19.1 Å². The Morgan fingerprint density at radius 2 is 2.00 bits per heavy atom. The summed E-state index contributed by atoms with van der Waals surface area (Å²) in [5.74, 6) is 0.378. The maximum atomic E-state index is 12.9. The van der Waals surface area contributed by atoms with Crippen LogP contribution in [0.15, 0.2) is 30.3 Å². The van der Waals surface area contributed by atoms with Crippen molar-refractivity contribution in [2.45, 2.75) is 44.7 Å². The second-order valence-corrected chi connectivity index (χ2v) is 6.59. The van der Waals surface area contributed by atoms with Crippen LogP contribution >= 0.6 is 0 Å². The minimum absolute atomic E-state index is 0.0389. The van der Waals surface area contributed by atoms with E-state index >= 15 is 0 Å². The van der Waals surface area contributed by atoms with E-state index in [1.807, 2.05) is 30.3 Å². The number of ether oxygens (including phenoxy) is 4. The van der Waals surface area contributed by atoms with E-state index < -0.39 is 30.8 Å². The molecule has 0 amide bonds. The van der Waals surface area contributed by atoms with Gasteiger partial charge in [-0.15, -0.1) is 0 Å². The van der Waals surface area contributed by atoms with E-state index in [-0.39, 0.29) is 5.78 Å². The molecule has 0 radical (unpaired) electrons. The average molecular weight is 335 g/mol. The minimum Gasteiger partial charge on any atom is -0.354 e. The van der Waals surface area contributed by atoms with Gasteiger partial charge in [-0.25, -0.2) is 0 Å². The zero-order chi connectivity index (χ0) is 17.1. The van der Waals surface area contributed by atoms with Gasteiger partial charge in [-0.3, -0.25) is 4.79 Å². The molecule has 2 aliphatic heterocycles. The summed E-state index contributed by atoms with van der Waals surface area (Å²) in [5.41, 5.74) is 0.893. The predicted octanol–water partition coefficient (Wildman–Crippen LogP) is 1.66. The van der Waals surface area contributed by atoms with Gasteiger partial charge in [0.1, 0.15) is 18.2 Å². The number of methoxy groups -OCH3 is 1. The van der Waals surface area contributed by atoms with Gasteiger partial charge in [0, 0.05) is 12.7 Å². The Morgan fingerprint density at radius 3 is 2.67 bits per heavy atom. The van der Waals surface area contributed by atoms with Crippen molar-refractivity contribution in [3.8, 4) is 0 Å². The molecule has 0 spiro atoms. The quantitative estimate of drug-likeness (QED) is 0.883. The van der Waals surface area contributed by atoms with Crippen molar-refractivity contribution in [1.82, 2.24) is 5.32 Å². The highest BCUT2D eigenvalue weighted by Crippen LogP contribution is 2.32. The molecule has 1 aromatic carbocycles. The number of carbonyl (C=O) groups excluding carboxylic acids is 1. The van der Waals surface area contributed by atoms with Crippen molar-refractivity contribution in [1.29, 1.82) is 0 Å². The van der Waals surface area contributed by atoms with Crippen LogP contribution in [0.5, 0.6) is 0 Å². The van der Waals surface area contributed by atoms with Gasteiger partial charge < -0.3 is 24.3 Å². The van der Waals surface area contributed by atoms with Gasteiger partial charge in [0.2, 0.25) is 0 Å². The molecule has 0 bridgehead atoms. The fraction of sp³-hybridized carbons (Fsp3) is 0.611. The van der Waals surface area contributed by atoms with Crippen molar-refractivity contribution in [2.24, 2.45) is 5.92 Å². The fourth-order valence-electron chi connectivity index (χ4n) is 2.99. The number of fused-ring (bicyclic) bond motifs is 1. The number of carbonyl (C=O) groups is 1. The third kappa shape index (κ3) is 3.68. The molecule has 2 heterocycles. The number of hydrogen-bond donors (Lipinski definition) is 1. The lowest BCUT2D eigenvalue weighted by molar-refractivity contribution is -0.303. The largest absolute Gasteiger partial charge is 0.354 e. The number of benzene rings is 1. The Labute approximate surface area is 142 Å². The second kappa shape index (κ2) is 7.72. The summed E-state index contributed by atoms with van der Waals surface area (Å²) < 4.78 is 22.9. The van der Waals surface area contributed by atoms with Crippen LogP contribution in [-0.4, -0.2) is 50.6 Å². The Balaban J connectivity index is 1.73. The lowest BCUT2D eigenvalue weighted by Gasteiger charge is -2.43. The van der Waals surface area contributed by atoms with Crippen molar-refractivity contribution in [3.63, 3.8) is 0 Å². The van der Waals surface area contributed by atoms with E-state index in [1.54, 1.807) is 7.11 Å². The maximum Gasteiger partial charge on any atom is 0.186 e. The van der Waals surface area contributed by atoms with Gasteiger partial charge in [-0.1, -0.05) is 44.2 Å². The van der Waals surface area contributed by atoms with E-state index in [9.17, 15) is 4.79 Å². The summed E-state index contributed by atoms with van der Waals surface area (Å²) in [7, 11) is 1.54. The molecule has 0 unspecified atom stereocenters. The molecular formula is C18H25NO5. The first-order valence-electron chi connectivity index (χ1n) is 8.37. The topological polar surface area (TPSA) is 66.0 Å². The summed E-state index contributed by atoms with van der Waals surface area (Å²) in [6.07, 6.45) is -2.28. The van der Waals surface area contributed by atoms with Crippen LogP contribution in [0.1, 0.15) is 25.7 Å². The molecule has 1 N–H and O–H groups in total. The molecule has 1 aromatic rings. The third-order valence-corrected chi connectivity index (χ3v) is 4.24. The van der Waals surface area contributed by atoms with Crippen LogP contribution in [0.2, 0.25) is 0 Å². The van der Waals surface area contributed by atoms with Crippen molar-refractivity contribution in [3.05, 3.63) is 35.9 Å². The summed E-state index contributed by atoms with van der Waals surface area (Å²) >= 11 is 0. The second-order valence-electron chi connectivity index (χ2n) is 6.59. The third-order valence-electron chi connectivity index (χ3n) is 4.24. The smallest absolute Gasteiger partial charge is 0.186 e. The van der Waals surface area contributed by atoms with E-state index in [1.165, 1.54) is 0 Å². The summed E-state index contributed by atoms with van der Waals surface area (Å²) in [5, 5.41) is 3.24. The summed E-state index contributed by atoms with van der Waals surface area (Å²) in [6, 6.07) is 9.08. The molecule has 2 aliphatic rings. The van der Waals surface area contributed by atoms with Crippen LogP contribution in [0.25, 0.3) is 0 Å². The predicted molar refractivity (Wildman–Crippen MR) is 87.3 cm³/mol. The molecule has 0 aliphatic carbocycles. The molecular weight excluding hydrogens is 310 g/mol. The zero-order valence-electron chi connectivity index (χ0n) is 14.3. The van der Waals surface area contributed by atoms with Gasteiger partial charge in [0.15, 0.2) is 18.4 Å². The van der Waals surface area contributed by atoms with Gasteiger partial charge in [0.05, 0.1) is 6.61 Å². The first kappa shape index (κ1) is 17.5. The number of ketones is 1. The average Bonchev–Trinajstić information content (AvgIpc) is 2.61. The molecule has 5 atom stereocenters. The zero-order valence-corrected chi connectivity index (χ0v) is 14.3. The monoisotopic (exact) mass is 335 g/mol. The Hall–Kier alpha value is -1.31. The SMILES string of the molecule is CO[C@H]1O[C@@H]2CO[C@@H](c3ccccc3)O[C@H]2C(=O)[C@H]1NCC(C)C. The van der Waals surface area contributed by atoms with Gasteiger partial charge in [-0.05, 0) is 12.5 Å². The van der Waals surface area contributed by atoms with Crippen LogP contribution < -0.4 is 5.32 Å². The van der Waals surface area contributed by atoms with E-state index in [2.05, 4.69) is 19.2 Å². The molecule has 6 nitrogen and oxygen atoms in total. The van der Waals surface area contributed by atoms with Crippen LogP contribution in [0, 0.1) is 5.92 Å². The highest BCUT2D eigenvalue weighted by Gasteiger charge is 2.49. The Kier molecular flexibility index (Phi) is 5.63. The van der Waals surface area contributed by atoms with Gasteiger partial charge in [0.25, 0.3) is 0 Å². The number of nitrogens with one attached hydrogen (secondary N) is 1. The van der Waals surface area contributed by atoms with Crippen molar-refractivity contribution < 1.29 is 23.7 Å². The molecule has 3 rings (SSSR count). The lowest BCUT2D eigenvalue weighted by Crippen LogP contribution is -2.64. The molecule has 2 fully saturated rings. The number of hydrogen-bond acceptors (Lipinski definition) is 6. The lowest BCUT2D eigenvalue weighted by atomic mass is 9.97. The first-order valence-corrected chi connectivity index (χ1v) is 8.37. The fourth-order valence-corrected chi connectivity index (χ4v) is 2.99. The number of Topliss-reactive ketones (excluding diaryl/α,β-unsaturated/α-hetero) is 1. The summed E-state index contributed by atoms with van der Waals surface area (Å²) in [6.45, 7) is 5.17. The number of rotatable bonds is 5. The first-order chi connectivity index (χ1) is 11.6. The Morgan fingerprint density at radius 1 is 1.25 bits per heavy atom. The van der Waals surface area contributed by atoms with Gasteiger partial charge >= 0.3 is 0 Å². The minimum atomic E-state index is -0.653. The van der Waals surface area contributed by atoms with Crippen LogP contribution in [-0.2, 0) is 23.7 Å².